The molecule has 1 aliphatic heterocycles. The van der Waals surface area contributed by atoms with Gasteiger partial charge in [0.2, 0.25) is 5.91 Å². The van der Waals surface area contributed by atoms with Crippen LogP contribution in [0, 0.1) is 13.8 Å². The molecule has 1 aliphatic rings. The van der Waals surface area contributed by atoms with Gasteiger partial charge in [0, 0.05) is 23.9 Å². The minimum atomic E-state index is -0.319. The van der Waals surface area contributed by atoms with Crippen LogP contribution < -0.4 is 10.1 Å². The molecule has 160 valence electrons. The van der Waals surface area contributed by atoms with Crippen LogP contribution in [0.3, 0.4) is 0 Å². The summed E-state index contributed by atoms with van der Waals surface area (Å²) in [4.78, 5) is 27.6. The molecule has 6 nitrogen and oxygen atoms in total. The van der Waals surface area contributed by atoms with Gasteiger partial charge in [0.15, 0.2) is 0 Å². The Morgan fingerprint density at radius 1 is 1.27 bits per heavy atom. The second-order valence-electron chi connectivity index (χ2n) is 7.46. The minimum absolute atomic E-state index is 0.0902. The zero-order valence-corrected chi connectivity index (χ0v) is 18.3. The molecule has 1 saturated heterocycles. The largest absolute Gasteiger partial charge is 0.496 e. The van der Waals surface area contributed by atoms with Gasteiger partial charge in [0.1, 0.15) is 12.3 Å². The van der Waals surface area contributed by atoms with Crippen LogP contribution in [0.1, 0.15) is 34.3 Å². The summed E-state index contributed by atoms with van der Waals surface area (Å²) < 4.78 is 11.0. The predicted octanol–water partition coefficient (Wildman–Crippen LogP) is 4.23. The van der Waals surface area contributed by atoms with Gasteiger partial charge in [-0.25, -0.2) is 0 Å². The molecule has 1 atom stereocenters. The minimum Gasteiger partial charge on any atom is -0.496 e. The van der Waals surface area contributed by atoms with Gasteiger partial charge in [-0.3, -0.25) is 9.59 Å². The van der Waals surface area contributed by atoms with Crippen LogP contribution in [0.5, 0.6) is 5.75 Å². The van der Waals surface area contributed by atoms with Crippen molar-refractivity contribution in [2.45, 2.75) is 32.8 Å². The van der Waals surface area contributed by atoms with Crippen LogP contribution >= 0.6 is 11.6 Å². The van der Waals surface area contributed by atoms with Gasteiger partial charge in [-0.1, -0.05) is 23.7 Å². The highest BCUT2D eigenvalue weighted by atomic mass is 35.5. The molecule has 0 bridgehead atoms. The van der Waals surface area contributed by atoms with Crippen LogP contribution in [-0.4, -0.2) is 49.6 Å². The Morgan fingerprint density at radius 2 is 2.07 bits per heavy atom. The maximum atomic E-state index is 13.3. The van der Waals surface area contributed by atoms with Crippen molar-refractivity contribution in [2.24, 2.45) is 0 Å². The summed E-state index contributed by atoms with van der Waals surface area (Å²) in [6, 6.07) is 10.6. The standard InChI is InChI=1S/C23H27ClN2O4/c1-15-6-4-8-20(16(15)2)25-22(27)14-26(13-18-7-5-11-30-18)23(28)19-12-17(24)9-10-21(19)29-3/h4,6,8-10,12,18H,5,7,11,13-14H2,1-3H3,(H,25,27). The lowest BCUT2D eigenvalue weighted by molar-refractivity contribution is -0.117. The second-order valence-corrected chi connectivity index (χ2v) is 7.90. The summed E-state index contributed by atoms with van der Waals surface area (Å²) in [7, 11) is 1.50. The quantitative estimate of drug-likeness (QED) is 0.713. The number of hydrogen-bond acceptors (Lipinski definition) is 4. The maximum absolute atomic E-state index is 13.3. The molecule has 1 unspecified atom stereocenters. The van der Waals surface area contributed by atoms with E-state index in [2.05, 4.69) is 5.32 Å². The first-order valence-corrected chi connectivity index (χ1v) is 10.4. The van der Waals surface area contributed by atoms with Crippen molar-refractivity contribution in [1.82, 2.24) is 4.90 Å². The number of amides is 2. The van der Waals surface area contributed by atoms with Gasteiger partial charge in [0.05, 0.1) is 18.8 Å². The first-order valence-electron chi connectivity index (χ1n) is 9.99. The number of methoxy groups -OCH3 is 1. The van der Waals surface area contributed by atoms with Crippen molar-refractivity contribution < 1.29 is 19.1 Å². The van der Waals surface area contributed by atoms with Crippen LogP contribution in [0.2, 0.25) is 5.02 Å². The molecule has 2 aromatic rings. The van der Waals surface area contributed by atoms with Crippen LogP contribution in [0.15, 0.2) is 36.4 Å². The van der Waals surface area contributed by atoms with Gasteiger partial charge < -0.3 is 19.7 Å². The van der Waals surface area contributed by atoms with E-state index in [-0.39, 0.29) is 24.5 Å². The molecule has 1 fully saturated rings. The van der Waals surface area contributed by atoms with E-state index >= 15 is 0 Å². The van der Waals surface area contributed by atoms with Gasteiger partial charge in [0.25, 0.3) is 5.91 Å². The number of hydrogen-bond donors (Lipinski definition) is 1. The molecule has 7 heteroatoms. The topological polar surface area (TPSA) is 67.9 Å². The van der Waals surface area contributed by atoms with E-state index in [1.807, 2.05) is 32.0 Å². The van der Waals surface area contributed by atoms with Gasteiger partial charge in [-0.05, 0) is 62.1 Å². The zero-order valence-electron chi connectivity index (χ0n) is 17.5. The first kappa shape index (κ1) is 22.1. The molecule has 0 aliphatic carbocycles. The Hall–Kier alpha value is -2.57. The molecule has 0 spiro atoms. The highest BCUT2D eigenvalue weighted by Crippen LogP contribution is 2.25. The van der Waals surface area contributed by atoms with E-state index in [1.165, 1.54) is 12.0 Å². The molecule has 0 radical (unpaired) electrons. The van der Waals surface area contributed by atoms with Crippen molar-refractivity contribution in [1.29, 1.82) is 0 Å². The summed E-state index contributed by atoms with van der Waals surface area (Å²) in [5, 5.41) is 3.35. The summed E-state index contributed by atoms with van der Waals surface area (Å²) in [6.07, 6.45) is 1.71. The van der Waals surface area contributed by atoms with Crippen LogP contribution in [-0.2, 0) is 9.53 Å². The Bertz CT molecular complexity index is 925. The van der Waals surface area contributed by atoms with Crippen molar-refractivity contribution >= 4 is 29.1 Å². The number of nitrogens with zero attached hydrogens (tertiary/aromatic N) is 1. The van der Waals surface area contributed by atoms with Crippen LogP contribution in [0.4, 0.5) is 5.69 Å². The predicted molar refractivity (Wildman–Crippen MR) is 117 cm³/mol. The number of benzene rings is 2. The number of aryl methyl sites for hydroxylation is 1. The van der Waals surface area contributed by atoms with Crippen molar-refractivity contribution in [3.8, 4) is 5.75 Å². The lowest BCUT2D eigenvalue weighted by Gasteiger charge is -2.26. The molecule has 0 saturated carbocycles. The summed E-state index contributed by atoms with van der Waals surface area (Å²) in [5.41, 5.74) is 3.15. The fourth-order valence-corrected chi connectivity index (χ4v) is 3.69. The lowest BCUT2D eigenvalue weighted by Crippen LogP contribution is -2.42. The SMILES string of the molecule is COc1ccc(Cl)cc1C(=O)N(CC(=O)Nc1cccc(C)c1C)CC1CCCO1. The zero-order chi connectivity index (χ0) is 21.7. The number of ether oxygens (including phenoxy) is 2. The number of rotatable bonds is 7. The molecule has 3 rings (SSSR count). The molecule has 0 aromatic heterocycles. The van der Waals surface area contributed by atoms with E-state index in [9.17, 15) is 9.59 Å². The third kappa shape index (κ3) is 5.32. The average molecular weight is 431 g/mol. The van der Waals surface area contributed by atoms with E-state index in [0.29, 0.717) is 29.5 Å². The van der Waals surface area contributed by atoms with E-state index in [0.717, 1.165) is 29.7 Å². The molecule has 30 heavy (non-hydrogen) atoms. The Labute approximate surface area is 182 Å². The van der Waals surface area contributed by atoms with E-state index in [1.54, 1.807) is 18.2 Å². The molecule has 2 amide bonds. The van der Waals surface area contributed by atoms with Crippen molar-refractivity contribution in [3.05, 3.63) is 58.1 Å². The highest BCUT2D eigenvalue weighted by molar-refractivity contribution is 6.31. The van der Waals surface area contributed by atoms with Crippen molar-refractivity contribution in [2.75, 3.05) is 32.1 Å². The Kier molecular flexibility index (Phi) is 7.34. The second kappa shape index (κ2) is 9.96. The fourth-order valence-electron chi connectivity index (χ4n) is 3.52. The number of carbonyl (C=O) groups excluding carboxylic acids is 2. The van der Waals surface area contributed by atoms with Gasteiger partial charge >= 0.3 is 0 Å². The molecular weight excluding hydrogens is 404 g/mol. The van der Waals surface area contributed by atoms with Crippen LogP contribution in [0.25, 0.3) is 0 Å². The van der Waals surface area contributed by atoms with Crippen molar-refractivity contribution in [3.63, 3.8) is 0 Å². The molecular formula is C23H27ClN2O4. The smallest absolute Gasteiger partial charge is 0.258 e. The summed E-state index contributed by atoms with van der Waals surface area (Å²) >= 11 is 6.11. The molecule has 2 aromatic carbocycles. The van der Waals surface area contributed by atoms with E-state index < -0.39 is 0 Å². The monoisotopic (exact) mass is 430 g/mol. The van der Waals surface area contributed by atoms with E-state index in [4.69, 9.17) is 21.1 Å². The Morgan fingerprint density at radius 3 is 2.77 bits per heavy atom. The van der Waals surface area contributed by atoms with Gasteiger partial charge in [-0.2, -0.15) is 0 Å². The number of anilines is 1. The third-order valence-electron chi connectivity index (χ3n) is 5.34. The highest BCUT2D eigenvalue weighted by Gasteiger charge is 2.27. The molecule has 1 N–H and O–H groups in total. The summed E-state index contributed by atoms with van der Waals surface area (Å²) in [5.74, 6) is -0.173. The maximum Gasteiger partial charge on any atom is 0.258 e. The lowest BCUT2D eigenvalue weighted by atomic mass is 10.1. The number of halogens is 1. The number of nitrogens with one attached hydrogen (secondary N) is 1. The molecule has 1 heterocycles. The third-order valence-corrected chi connectivity index (χ3v) is 5.58. The van der Waals surface area contributed by atoms with Gasteiger partial charge in [-0.15, -0.1) is 0 Å². The normalized spacial score (nSPS) is 15.7. The number of carbonyl (C=O) groups is 2. The fraction of sp³-hybridized carbons (Fsp3) is 0.391. The average Bonchev–Trinajstić information content (AvgIpc) is 3.23. The first-order chi connectivity index (χ1) is 14.4. The summed E-state index contributed by atoms with van der Waals surface area (Å²) in [6.45, 7) is 4.85. The Balaban J connectivity index is 1.81.